The fraction of sp³-hybridized carbons (Fsp3) is 0.500. The van der Waals surface area contributed by atoms with Crippen molar-refractivity contribution in [2.45, 2.75) is 76.4 Å². The quantitative estimate of drug-likeness (QED) is 0.672. The highest BCUT2D eigenvalue weighted by Gasteiger charge is 2.30. The molecule has 0 radical (unpaired) electrons. The average Bonchev–Trinajstić information content (AvgIpc) is 3.32. The predicted molar refractivity (Wildman–Crippen MR) is 116 cm³/mol. The second kappa shape index (κ2) is 7.21. The molecule has 0 spiro atoms. The summed E-state index contributed by atoms with van der Waals surface area (Å²) in [6.45, 7) is 6.99. The van der Waals surface area contributed by atoms with Crippen molar-refractivity contribution in [2.24, 2.45) is 9.50 Å². The van der Waals surface area contributed by atoms with Gasteiger partial charge in [0.15, 0.2) is 9.92 Å². The van der Waals surface area contributed by atoms with Gasteiger partial charge in [0.05, 0.1) is 5.60 Å². The van der Waals surface area contributed by atoms with Crippen molar-refractivity contribution >= 4 is 21.6 Å². The van der Waals surface area contributed by atoms with Crippen molar-refractivity contribution in [2.75, 3.05) is 5.32 Å². The molecule has 2 aliphatic rings. The number of aryl methyl sites for hydroxylation is 3. The third-order valence-corrected chi connectivity index (χ3v) is 7.37. The monoisotopic (exact) mass is 431 g/mol. The van der Waals surface area contributed by atoms with E-state index in [1.165, 1.54) is 22.8 Å². The Bertz CT molecular complexity index is 1150. The topological polar surface area (TPSA) is 118 Å². The second-order valence-corrected chi connectivity index (χ2v) is 10.7. The van der Waals surface area contributed by atoms with Gasteiger partial charge in [-0.1, -0.05) is 13.0 Å². The third kappa shape index (κ3) is 3.68. The summed E-state index contributed by atoms with van der Waals surface area (Å²) in [5.41, 5.74) is 4.98. The first-order valence-corrected chi connectivity index (χ1v) is 11.9. The van der Waals surface area contributed by atoms with Crippen LogP contribution in [0.5, 0.6) is 0 Å². The minimum Gasteiger partial charge on any atom is -0.450 e. The molecule has 7 nitrogen and oxygen atoms in total. The van der Waals surface area contributed by atoms with Crippen LogP contribution < -0.4 is 10.5 Å². The minimum atomic E-state index is -3.60. The maximum absolute atomic E-state index is 13.0. The van der Waals surface area contributed by atoms with Crippen LogP contribution in [0.15, 0.2) is 26.0 Å². The van der Waals surface area contributed by atoms with Crippen LogP contribution in [0.25, 0.3) is 0 Å². The molecule has 162 valence electrons. The highest BCUT2D eigenvalue weighted by Crippen LogP contribution is 2.44. The third-order valence-electron chi connectivity index (χ3n) is 6.16. The Hall–Kier alpha value is -2.16. The summed E-state index contributed by atoms with van der Waals surface area (Å²) in [6, 6.07) is 2.95. The Morgan fingerprint density at radius 3 is 2.70 bits per heavy atom. The molecule has 2 aromatic rings. The molecular weight excluding hydrogens is 402 g/mol. The van der Waals surface area contributed by atoms with Crippen LogP contribution in [0.4, 0.5) is 10.5 Å². The number of nitrogens with one attached hydrogen (secondary N) is 1. The summed E-state index contributed by atoms with van der Waals surface area (Å²) >= 11 is 0. The zero-order valence-electron chi connectivity index (χ0n) is 17.9. The van der Waals surface area contributed by atoms with E-state index in [0.29, 0.717) is 17.2 Å². The molecule has 0 bridgehead atoms. The van der Waals surface area contributed by atoms with E-state index >= 15 is 0 Å². The number of amides is 2. The van der Waals surface area contributed by atoms with Gasteiger partial charge in [0, 0.05) is 17.3 Å². The summed E-state index contributed by atoms with van der Waals surface area (Å²) in [6.07, 6.45) is 5.04. The predicted octanol–water partition coefficient (Wildman–Crippen LogP) is 4.29. The van der Waals surface area contributed by atoms with E-state index in [-0.39, 0.29) is 5.09 Å². The van der Waals surface area contributed by atoms with Crippen LogP contribution in [0.1, 0.15) is 73.1 Å². The van der Waals surface area contributed by atoms with Crippen LogP contribution in [-0.4, -0.2) is 15.3 Å². The number of aliphatic hydroxyl groups is 1. The van der Waals surface area contributed by atoms with Crippen molar-refractivity contribution in [3.8, 4) is 0 Å². The highest BCUT2D eigenvalue weighted by molar-refractivity contribution is 7.91. The number of nitrogens with two attached hydrogens (primary N) is 1. The molecule has 0 aliphatic heterocycles. The largest absolute Gasteiger partial charge is 0.450 e. The number of benzene rings is 1. The Balaban J connectivity index is 1.69. The van der Waals surface area contributed by atoms with Gasteiger partial charge in [0.2, 0.25) is 5.09 Å². The number of hydrogen-bond acceptors (Lipinski definition) is 4. The molecular formula is C22H29N3O4S. The first kappa shape index (κ1) is 21.1. The van der Waals surface area contributed by atoms with Crippen LogP contribution in [-0.2, 0) is 34.8 Å². The number of nitrogens with zero attached hydrogens (tertiary/aromatic N) is 1. The number of fused-ring (bicyclic) bond motifs is 2. The molecule has 8 heteroatoms. The van der Waals surface area contributed by atoms with Crippen molar-refractivity contribution in [1.29, 1.82) is 0 Å². The Morgan fingerprint density at radius 2 is 2.03 bits per heavy atom. The number of carbonyl (C=O) groups is 1. The molecule has 30 heavy (non-hydrogen) atoms. The summed E-state index contributed by atoms with van der Waals surface area (Å²) in [5.74, 6) is 0.740. The van der Waals surface area contributed by atoms with Gasteiger partial charge < -0.3 is 14.8 Å². The molecule has 4 rings (SSSR count). The molecule has 4 N–H and O–H groups in total. The first-order chi connectivity index (χ1) is 14.0. The molecule has 0 unspecified atom stereocenters. The van der Waals surface area contributed by atoms with Crippen molar-refractivity contribution in [3.63, 3.8) is 0 Å². The number of hydrogen-bond donors (Lipinski definition) is 3. The lowest BCUT2D eigenvalue weighted by molar-refractivity contribution is 0.0769. The fourth-order valence-corrected chi connectivity index (χ4v) is 5.67. The van der Waals surface area contributed by atoms with E-state index in [1.54, 1.807) is 20.8 Å². The summed E-state index contributed by atoms with van der Waals surface area (Å²) < 4.78 is 22.2. The van der Waals surface area contributed by atoms with Crippen molar-refractivity contribution < 1.29 is 18.5 Å². The van der Waals surface area contributed by atoms with Gasteiger partial charge in [0.1, 0.15) is 5.76 Å². The fourth-order valence-electron chi connectivity index (χ4n) is 4.76. The molecule has 1 aromatic carbocycles. The maximum Gasteiger partial charge on any atom is 0.354 e. The normalized spacial score (nSPS) is 19.9. The number of urea groups is 1. The Morgan fingerprint density at radius 1 is 1.30 bits per heavy atom. The molecule has 2 amide bonds. The van der Waals surface area contributed by atoms with E-state index < -0.39 is 21.5 Å². The number of anilines is 1. The van der Waals surface area contributed by atoms with Gasteiger partial charge in [0.25, 0.3) is 0 Å². The maximum atomic E-state index is 13.0. The lowest BCUT2D eigenvalue weighted by Crippen LogP contribution is -2.19. The van der Waals surface area contributed by atoms with Crippen molar-refractivity contribution in [3.05, 3.63) is 45.7 Å². The van der Waals surface area contributed by atoms with Gasteiger partial charge in [-0.15, -0.1) is 4.36 Å². The van der Waals surface area contributed by atoms with Crippen molar-refractivity contribution in [1.82, 2.24) is 0 Å². The van der Waals surface area contributed by atoms with Gasteiger partial charge in [-0.3, -0.25) is 0 Å². The molecule has 0 saturated carbocycles. The lowest BCUT2D eigenvalue weighted by Gasteiger charge is -2.17. The lowest BCUT2D eigenvalue weighted by atomic mass is 9.95. The summed E-state index contributed by atoms with van der Waals surface area (Å²) in [5, 5.41) is 18.9. The molecule has 2 atom stereocenters. The molecule has 0 fully saturated rings. The van der Waals surface area contributed by atoms with E-state index in [1.807, 2.05) is 0 Å². The zero-order valence-corrected chi connectivity index (χ0v) is 18.7. The molecule has 2 aliphatic carbocycles. The van der Waals surface area contributed by atoms with Gasteiger partial charge in [-0.05, 0) is 81.0 Å². The number of carbonyl (C=O) groups excluding carboxylic acids is 1. The van der Waals surface area contributed by atoms with Gasteiger partial charge in [-0.25, -0.2) is 14.1 Å². The van der Waals surface area contributed by atoms with Crippen LogP contribution in [0, 0.1) is 6.92 Å². The SMILES string of the molecule is Cc1oc([S@](N)(=O)=NC(=O)Nc2c3c(cc4c2[C@H](C)CC4)CCC3)cc1C(C)(C)O. The second-order valence-electron chi connectivity index (χ2n) is 8.94. The van der Waals surface area contributed by atoms with Crippen LogP contribution in [0.2, 0.25) is 0 Å². The number of furan rings is 1. The van der Waals surface area contributed by atoms with E-state index in [0.717, 1.165) is 43.4 Å². The minimum absolute atomic E-state index is 0.121. The van der Waals surface area contributed by atoms with Crippen LogP contribution >= 0.6 is 0 Å². The summed E-state index contributed by atoms with van der Waals surface area (Å²) in [4.78, 5) is 12.8. The number of rotatable bonds is 3. The molecule has 1 heterocycles. The molecule has 0 saturated heterocycles. The highest BCUT2D eigenvalue weighted by atomic mass is 32.2. The van der Waals surface area contributed by atoms with E-state index in [4.69, 9.17) is 9.56 Å². The van der Waals surface area contributed by atoms with Gasteiger partial charge >= 0.3 is 6.03 Å². The van der Waals surface area contributed by atoms with Gasteiger partial charge in [-0.2, -0.15) is 0 Å². The molecule has 1 aromatic heterocycles. The first-order valence-electron chi connectivity index (χ1n) is 10.3. The Labute approximate surface area is 177 Å². The van der Waals surface area contributed by atoms with E-state index in [9.17, 15) is 14.1 Å². The standard InChI is InChI=1S/C22H29N3O4S/c1-12-8-9-15-10-14-6-5-7-16(14)20(19(12)15)24-21(26)25-30(23,28)18-11-17(13(2)29-18)22(3,4)27/h10-12,27H,5-9H2,1-4H3,(H3,23,24,25,26,28)/t12-,30-/m1/s1. The zero-order chi connectivity index (χ0) is 21.8. The van der Waals surface area contributed by atoms with E-state index in [2.05, 4.69) is 22.7 Å². The smallest absolute Gasteiger partial charge is 0.354 e. The van der Waals surface area contributed by atoms with Crippen LogP contribution in [0.3, 0.4) is 0 Å². The average molecular weight is 432 g/mol. The summed E-state index contributed by atoms with van der Waals surface area (Å²) in [7, 11) is -3.60. The Kier molecular flexibility index (Phi) is 5.07.